The maximum Gasteiger partial charge on any atom is 0.196 e. The van der Waals surface area contributed by atoms with Crippen LogP contribution in [-0.2, 0) is 6.54 Å². The molecule has 0 amide bonds. The first kappa shape index (κ1) is 21.0. The van der Waals surface area contributed by atoms with E-state index in [9.17, 15) is 4.79 Å². The number of benzene rings is 2. The van der Waals surface area contributed by atoms with Crippen molar-refractivity contribution in [3.8, 4) is 17.0 Å². The van der Waals surface area contributed by atoms with Gasteiger partial charge in [0.25, 0.3) is 0 Å². The monoisotopic (exact) mass is 412 g/mol. The summed E-state index contributed by atoms with van der Waals surface area (Å²) in [6.07, 6.45) is 0. The molecule has 4 rings (SSSR count). The van der Waals surface area contributed by atoms with E-state index in [2.05, 4.69) is 37.4 Å². The molecule has 0 atom stereocenters. The van der Waals surface area contributed by atoms with Gasteiger partial charge in [-0.2, -0.15) is 0 Å². The number of nitrogens with zero attached hydrogens (tertiary/aromatic N) is 1. The highest BCUT2D eigenvalue weighted by Crippen LogP contribution is 2.33. The molecule has 158 valence electrons. The molecule has 0 saturated carbocycles. The van der Waals surface area contributed by atoms with Gasteiger partial charge in [0.2, 0.25) is 0 Å². The maximum absolute atomic E-state index is 13.3. The molecule has 4 heteroatoms. The van der Waals surface area contributed by atoms with Gasteiger partial charge in [-0.05, 0) is 43.1 Å². The average Bonchev–Trinajstić information content (AvgIpc) is 2.97. The van der Waals surface area contributed by atoms with E-state index in [-0.39, 0.29) is 5.78 Å². The summed E-state index contributed by atoms with van der Waals surface area (Å²) in [7, 11) is 0. The molecule has 2 aromatic carbocycles. The van der Waals surface area contributed by atoms with Crippen molar-refractivity contribution in [2.75, 3.05) is 13.2 Å². The molecule has 0 aromatic heterocycles. The zero-order valence-electron chi connectivity index (χ0n) is 18.3. The van der Waals surface area contributed by atoms with Crippen molar-refractivity contribution in [3.63, 3.8) is 0 Å². The molecule has 1 aliphatic carbocycles. The van der Waals surface area contributed by atoms with Crippen LogP contribution in [0.15, 0.2) is 66.7 Å². The first-order valence-electron chi connectivity index (χ1n) is 10.9. The number of carbonyl (C=O) groups excluding carboxylic acids is 1. The number of para-hydroxylation sites is 2. The lowest BCUT2D eigenvalue weighted by Crippen LogP contribution is -2.19. The summed E-state index contributed by atoms with van der Waals surface area (Å²) < 4.78 is 5.67. The molecule has 1 aliphatic heterocycles. The van der Waals surface area contributed by atoms with Crippen molar-refractivity contribution < 1.29 is 9.53 Å². The Hall–Kier alpha value is -3.24. The van der Waals surface area contributed by atoms with Crippen molar-refractivity contribution in [2.45, 2.75) is 27.3 Å². The molecule has 0 radical (unpaired) electrons. The SMILES string of the molecule is CCOc1ccccc1C(=O)c1cccc2c3cccc(CNCC(C)C)c3nc-2c1. The summed E-state index contributed by atoms with van der Waals surface area (Å²) in [6, 6.07) is 21.4. The number of rotatable bonds is 8. The predicted molar refractivity (Wildman–Crippen MR) is 126 cm³/mol. The molecule has 1 N–H and O–H groups in total. The minimum atomic E-state index is -0.0626. The van der Waals surface area contributed by atoms with Gasteiger partial charge in [0, 0.05) is 23.1 Å². The van der Waals surface area contributed by atoms with Crippen molar-refractivity contribution >= 4 is 16.7 Å². The summed E-state index contributed by atoms with van der Waals surface area (Å²) in [4.78, 5) is 18.2. The maximum atomic E-state index is 13.3. The van der Waals surface area contributed by atoms with Crippen LogP contribution in [0.2, 0.25) is 0 Å². The summed E-state index contributed by atoms with van der Waals surface area (Å²) in [5.41, 5.74) is 5.22. The Labute approximate surface area is 183 Å². The number of ketones is 1. The van der Waals surface area contributed by atoms with Crippen LogP contribution in [0, 0.1) is 5.92 Å². The van der Waals surface area contributed by atoms with Crippen LogP contribution in [-0.4, -0.2) is 23.9 Å². The van der Waals surface area contributed by atoms with E-state index in [0.29, 0.717) is 29.4 Å². The van der Waals surface area contributed by atoms with Crippen LogP contribution in [0.5, 0.6) is 5.75 Å². The Morgan fingerprint density at radius 3 is 2.65 bits per heavy atom. The number of nitrogens with one attached hydrogen (secondary N) is 1. The lowest BCUT2D eigenvalue weighted by atomic mass is 10.0. The van der Waals surface area contributed by atoms with E-state index in [1.54, 1.807) is 0 Å². The Bertz CT molecular complexity index is 1180. The molecule has 2 aliphatic rings. The van der Waals surface area contributed by atoms with Gasteiger partial charge >= 0.3 is 0 Å². The quantitative estimate of drug-likeness (QED) is 0.376. The molecular weight excluding hydrogens is 384 g/mol. The van der Waals surface area contributed by atoms with Crippen LogP contribution >= 0.6 is 0 Å². The third-order valence-corrected chi connectivity index (χ3v) is 5.31. The second-order valence-electron chi connectivity index (χ2n) is 8.13. The van der Waals surface area contributed by atoms with Gasteiger partial charge in [-0.15, -0.1) is 0 Å². The number of hydrogen-bond acceptors (Lipinski definition) is 4. The van der Waals surface area contributed by atoms with E-state index in [0.717, 1.165) is 35.2 Å². The second kappa shape index (κ2) is 9.27. The van der Waals surface area contributed by atoms with Gasteiger partial charge in [-0.1, -0.05) is 62.4 Å². The summed E-state index contributed by atoms with van der Waals surface area (Å²) >= 11 is 0. The predicted octanol–water partition coefficient (Wildman–Crippen LogP) is 5.71. The molecule has 0 saturated heterocycles. The van der Waals surface area contributed by atoms with Crippen molar-refractivity contribution in [1.82, 2.24) is 10.3 Å². The molecule has 31 heavy (non-hydrogen) atoms. The van der Waals surface area contributed by atoms with Gasteiger partial charge in [-0.25, -0.2) is 4.98 Å². The highest BCUT2D eigenvalue weighted by molar-refractivity contribution is 6.11. The molecule has 0 unspecified atom stereocenters. The lowest BCUT2D eigenvalue weighted by molar-refractivity contribution is 0.103. The topological polar surface area (TPSA) is 51.2 Å². The Morgan fingerprint density at radius 2 is 1.84 bits per heavy atom. The molecule has 1 heterocycles. The third-order valence-electron chi connectivity index (χ3n) is 5.31. The fraction of sp³-hybridized carbons (Fsp3) is 0.259. The Kier molecular flexibility index (Phi) is 6.28. The normalized spacial score (nSPS) is 11.4. The zero-order chi connectivity index (χ0) is 21.8. The Balaban J connectivity index is 1.74. The largest absolute Gasteiger partial charge is 0.493 e. The van der Waals surface area contributed by atoms with E-state index >= 15 is 0 Å². The molecule has 0 spiro atoms. The van der Waals surface area contributed by atoms with Crippen molar-refractivity contribution in [3.05, 3.63) is 83.4 Å². The van der Waals surface area contributed by atoms with E-state index in [1.165, 1.54) is 5.56 Å². The van der Waals surface area contributed by atoms with Gasteiger partial charge in [-0.3, -0.25) is 4.79 Å². The number of aromatic nitrogens is 1. The van der Waals surface area contributed by atoms with Crippen LogP contribution < -0.4 is 10.1 Å². The van der Waals surface area contributed by atoms with Crippen LogP contribution in [0.1, 0.15) is 42.3 Å². The molecule has 0 fully saturated rings. The van der Waals surface area contributed by atoms with E-state index < -0.39 is 0 Å². The Morgan fingerprint density at radius 1 is 1.03 bits per heavy atom. The number of fused-ring (bicyclic) bond motifs is 3. The highest BCUT2D eigenvalue weighted by Gasteiger charge is 2.18. The average molecular weight is 413 g/mol. The first-order valence-corrected chi connectivity index (χ1v) is 10.9. The van der Waals surface area contributed by atoms with Crippen LogP contribution in [0.3, 0.4) is 0 Å². The standard InChI is InChI=1S/C27H28N2O2/c1-4-31-25-14-6-5-11-23(25)27(30)19-9-7-12-21-22-13-8-10-20(17-28-16-18(2)3)26(22)29-24(21)15-19/h5-15,18,28H,4,16-17H2,1-3H3. The fourth-order valence-electron chi connectivity index (χ4n) is 3.86. The molecule has 0 bridgehead atoms. The van der Waals surface area contributed by atoms with Gasteiger partial charge < -0.3 is 10.1 Å². The fourth-order valence-corrected chi connectivity index (χ4v) is 3.86. The van der Waals surface area contributed by atoms with Gasteiger partial charge in [0.15, 0.2) is 5.78 Å². The number of ether oxygens (including phenoxy) is 1. The van der Waals surface area contributed by atoms with E-state index in [1.807, 2.05) is 55.5 Å². The third kappa shape index (κ3) is 4.44. The van der Waals surface area contributed by atoms with Crippen molar-refractivity contribution in [2.24, 2.45) is 5.92 Å². The lowest BCUT2D eigenvalue weighted by Gasteiger charge is -2.08. The number of carbonyl (C=O) groups is 1. The summed E-state index contributed by atoms with van der Waals surface area (Å²) in [5.74, 6) is 1.14. The zero-order valence-corrected chi connectivity index (χ0v) is 18.3. The minimum Gasteiger partial charge on any atom is -0.493 e. The van der Waals surface area contributed by atoms with Crippen LogP contribution in [0.4, 0.5) is 0 Å². The highest BCUT2D eigenvalue weighted by atomic mass is 16.5. The molecular formula is C27H28N2O2. The van der Waals surface area contributed by atoms with E-state index in [4.69, 9.17) is 9.72 Å². The minimum absolute atomic E-state index is 0.0626. The first-order chi connectivity index (χ1) is 15.1. The van der Waals surface area contributed by atoms with Gasteiger partial charge in [0.1, 0.15) is 5.75 Å². The van der Waals surface area contributed by atoms with Crippen molar-refractivity contribution in [1.29, 1.82) is 0 Å². The number of hydrogen-bond donors (Lipinski definition) is 1. The second-order valence-corrected chi connectivity index (χ2v) is 8.13. The van der Waals surface area contributed by atoms with Crippen LogP contribution in [0.25, 0.3) is 22.2 Å². The smallest absolute Gasteiger partial charge is 0.196 e. The molecule has 4 nitrogen and oxygen atoms in total. The summed E-state index contributed by atoms with van der Waals surface area (Å²) in [5, 5.41) is 4.62. The molecule has 2 aromatic rings. The van der Waals surface area contributed by atoms with Gasteiger partial charge in [0.05, 0.1) is 23.4 Å². The summed E-state index contributed by atoms with van der Waals surface area (Å²) in [6.45, 7) is 8.57.